The summed E-state index contributed by atoms with van der Waals surface area (Å²) < 4.78 is 1.11. The summed E-state index contributed by atoms with van der Waals surface area (Å²) in [6.45, 7) is 2.09. The van der Waals surface area contributed by atoms with Crippen LogP contribution in [0.4, 0.5) is 5.69 Å². The van der Waals surface area contributed by atoms with Gasteiger partial charge in [0, 0.05) is 31.4 Å². The molecule has 108 valence electrons. The Morgan fingerprint density at radius 2 is 2.00 bits per heavy atom. The summed E-state index contributed by atoms with van der Waals surface area (Å²) in [6, 6.07) is 9.93. The largest absolute Gasteiger partial charge is 0.378 e. The highest BCUT2D eigenvalue weighted by molar-refractivity contribution is 7.21. The second-order valence-electron chi connectivity index (χ2n) is 5.44. The first-order chi connectivity index (χ1) is 10.1. The summed E-state index contributed by atoms with van der Waals surface area (Å²) >= 11 is 1.63. The summed E-state index contributed by atoms with van der Waals surface area (Å²) in [6.07, 6.45) is 1.79. The van der Waals surface area contributed by atoms with Gasteiger partial charge in [-0.05, 0) is 30.7 Å². The van der Waals surface area contributed by atoms with E-state index in [1.54, 1.807) is 17.4 Å². The molecule has 1 aromatic rings. The van der Waals surface area contributed by atoms with Crippen LogP contribution in [0.25, 0.3) is 20.8 Å². The number of nitrogens with zero attached hydrogens (tertiary/aromatic N) is 2. The first kappa shape index (κ1) is 14.0. The zero-order chi connectivity index (χ0) is 15.0. The average Bonchev–Trinajstić information content (AvgIpc) is 2.45. The molecule has 2 aliphatic rings. The molecular weight excluding hydrogens is 280 g/mol. The van der Waals surface area contributed by atoms with Gasteiger partial charge in [0.15, 0.2) is 5.43 Å². The zero-order valence-electron chi connectivity index (χ0n) is 12.5. The first-order valence-electron chi connectivity index (χ1n) is 7.13. The number of benzene rings is 2. The molecule has 21 heavy (non-hydrogen) atoms. The molecular formula is C17H18N2OS. The van der Waals surface area contributed by atoms with Gasteiger partial charge in [0.1, 0.15) is 0 Å². The van der Waals surface area contributed by atoms with Crippen molar-refractivity contribution < 1.29 is 0 Å². The van der Waals surface area contributed by atoms with E-state index in [0.717, 1.165) is 44.9 Å². The van der Waals surface area contributed by atoms with Crippen LogP contribution in [0.5, 0.6) is 0 Å². The summed E-state index contributed by atoms with van der Waals surface area (Å²) in [4.78, 5) is 19.9. The third kappa shape index (κ3) is 2.63. The minimum absolute atomic E-state index is 0.130. The second kappa shape index (κ2) is 5.45. The van der Waals surface area contributed by atoms with Crippen LogP contribution in [0.1, 0.15) is 18.9 Å². The van der Waals surface area contributed by atoms with Gasteiger partial charge in [-0.2, -0.15) is 0 Å². The van der Waals surface area contributed by atoms with Gasteiger partial charge in [-0.25, -0.2) is 4.98 Å². The van der Waals surface area contributed by atoms with Crippen LogP contribution in [0, 0.1) is 0 Å². The number of anilines is 1. The van der Waals surface area contributed by atoms with Crippen molar-refractivity contribution in [3.05, 3.63) is 46.1 Å². The van der Waals surface area contributed by atoms with Gasteiger partial charge in [-0.1, -0.05) is 13.3 Å². The van der Waals surface area contributed by atoms with Crippen LogP contribution in [-0.2, 0) is 6.42 Å². The highest BCUT2D eigenvalue weighted by atomic mass is 32.1. The lowest BCUT2D eigenvalue weighted by Gasteiger charge is -2.13. The van der Waals surface area contributed by atoms with Gasteiger partial charge in [0.25, 0.3) is 0 Å². The van der Waals surface area contributed by atoms with Gasteiger partial charge in [-0.15, -0.1) is 11.3 Å². The maximum Gasteiger partial charge on any atom is 0.183 e. The van der Waals surface area contributed by atoms with E-state index in [1.807, 2.05) is 26.2 Å². The Morgan fingerprint density at radius 3 is 2.71 bits per heavy atom. The molecule has 0 saturated carbocycles. The summed E-state index contributed by atoms with van der Waals surface area (Å²) in [5.41, 5.74) is 4.05. The highest BCUT2D eigenvalue weighted by Crippen LogP contribution is 2.32. The van der Waals surface area contributed by atoms with E-state index in [-0.39, 0.29) is 5.43 Å². The van der Waals surface area contributed by atoms with Gasteiger partial charge in [-0.3, -0.25) is 4.79 Å². The van der Waals surface area contributed by atoms with E-state index in [1.165, 1.54) is 0 Å². The lowest BCUT2D eigenvalue weighted by molar-refractivity contribution is 0.913. The van der Waals surface area contributed by atoms with Crippen LogP contribution in [0.3, 0.4) is 0 Å². The second-order valence-corrected chi connectivity index (χ2v) is 6.52. The maximum atomic E-state index is 12.1. The van der Waals surface area contributed by atoms with Gasteiger partial charge in [0.2, 0.25) is 0 Å². The van der Waals surface area contributed by atoms with Crippen LogP contribution in [-0.4, -0.2) is 19.1 Å². The molecule has 0 atom stereocenters. The maximum absolute atomic E-state index is 12.1. The molecule has 0 spiro atoms. The van der Waals surface area contributed by atoms with E-state index < -0.39 is 0 Å². The summed E-state index contributed by atoms with van der Waals surface area (Å²) in [5, 5.41) is 0. The van der Waals surface area contributed by atoms with Crippen molar-refractivity contribution in [1.82, 2.24) is 4.98 Å². The molecule has 0 radical (unpaired) electrons. The fourth-order valence-electron chi connectivity index (χ4n) is 2.43. The van der Waals surface area contributed by atoms with Crippen LogP contribution < -0.4 is 10.3 Å². The Bertz CT molecular complexity index is 823. The number of aromatic nitrogens is 1. The van der Waals surface area contributed by atoms with Crippen molar-refractivity contribution in [3.63, 3.8) is 0 Å². The molecule has 3 nitrogen and oxygen atoms in total. The molecule has 0 fully saturated rings. The summed E-state index contributed by atoms with van der Waals surface area (Å²) in [7, 11) is 4.04. The fourth-order valence-corrected chi connectivity index (χ4v) is 3.44. The molecule has 1 aromatic carbocycles. The van der Waals surface area contributed by atoms with Crippen molar-refractivity contribution in [3.8, 4) is 10.6 Å². The third-order valence-electron chi connectivity index (χ3n) is 3.58. The minimum Gasteiger partial charge on any atom is -0.378 e. The van der Waals surface area contributed by atoms with E-state index >= 15 is 0 Å². The van der Waals surface area contributed by atoms with Crippen molar-refractivity contribution in [2.24, 2.45) is 0 Å². The van der Waals surface area contributed by atoms with E-state index in [2.05, 4.69) is 24.0 Å². The predicted octanol–water partition coefficient (Wildman–Crippen LogP) is 3.78. The van der Waals surface area contributed by atoms with Crippen LogP contribution in [0.2, 0.25) is 0 Å². The number of rotatable bonds is 3. The van der Waals surface area contributed by atoms with E-state index in [4.69, 9.17) is 4.98 Å². The van der Waals surface area contributed by atoms with E-state index in [9.17, 15) is 4.79 Å². The third-order valence-corrected chi connectivity index (χ3v) is 4.68. The average molecular weight is 298 g/mol. The number of hydrogen-bond acceptors (Lipinski definition) is 4. The Balaban J connectivity index is 2.23. The Kier molecular flexibility index (Phi) is 3.64. The molecule has 1 aliphatic heterocycles. The Morgan fingerprint density at radius 1 is 1.19 bits per heavy atom. The number of aryl methyl sites for hydroxylation is 1. The number of fused-ring (bicyclic) bond motifs is 2. The smallest absolute Gasteiger partial charge is 0.183 e. The standard InChI is InChI=1S/C17H18N2OS/c1-4-5-11-8-14-17(10-15(11)20)21-16-9-12(19(2)3)6-7-13(16)18-14/h6-10H,4-5H2,1-3H3. The van der Waals surface area contributed by atoms with Crippen molar-refractivity contribution in [2.45, 2.75) is 19.8 Å². The van der Waals surface area contributed by atoms with Crippen molar-refractivity contribution in [2.75, 3.05) is 19.0 Å². The fraction of sp³-hybridized carbons (Fsp3) is 0.294. The molecule has 1 heterocycles. The lowest BCUT2D eigenvalue weighted by Crippen LogP contribution is -2.09. The zero-order valence-corrected chi connectivity index (χ0v) is 13.3. The Labute approximate surface area is 128 Å². The SMILES string of the molecule is CCCc1cc2nc3ccc(N(C)C)cc3sc-2cc1=O. The van der Waals surface area contributed by atoms with Gasteiger partial charge >= 0.3 is 0 Å². The molecule has 4 heteroatoms. The van der Waals surface area contributed by atoms with Gasteiger partial charge < -0.3 is 4.90 Å². The van der Waals surface area contributed by atoms with E-state index in [0.29, 0.717) is 0 Å². The first-order valence-corrected chi connectivity index (χ1v) is 7.95. The van der Waals surface area contributed by atoms with Crippen LogP contribution >= 0.6 is 11.3 Å². The highest BCUT2D eigenvalue weighted by Gasteiger charge is 2.11. The lowest BCUT2D eigenvalue weighted by atomic mass is 10.1. The predicted molar refractivity (Wildman–Crippen MR) is 90.8 cm³/mol. The quantitative estimate of drug-likeness (QED) is 0.690. The molecule has 1 aliphatic carbocycles. The summed E-state index contributed by atoms with van der Waals surface area (Å²) in [5.74, 6) is 0. The normalized spacial score (nSPS) is 11.2. The molecule has 0 N–H and O–H groups in total. The Hall–Kier alpha value is -1.94. The van der Waals surface area contributed by atoms with Crippen molar-refractivity contribution >= 4 is 27.2 Å². The van der Waals surface area contributed by atoms with Gasteiger partial charge in [0.05, 0.1) is 20.8 Å². The molecule has 0 aromatic heterocycles. The monoisotopic (exact) mass is 298 g/mol. The van der Waals surface area contributed by atoms with Crippen LogP contribution in [0.15, 0.2) is 35.1 Å². The molecule has 0 saturated heterocycles. The topological polar surface area (TPSA) is 33.2 Å². The molecule has 3 rings (SSSR count). The molecule has 0 amide bonds. The molecule has 0 bridgehead atoms. The minimum atomic E-state index is 0.130. The molecule has 0 unspecified atom stereocenters. The van der Waals surface area contributed by atoms with Crippen molar-refractivity contribution in [1.29, 1.82) is 0 Å². The number of hydrogen-bond donors (Lipinski definition) is 0.